The second-order valence-corrected chi connectivity index (χ2v) is 4.41. The summed E-state index contributed by atoms with van der Waals surface area (Å²) < 4.78 is 6.22. The maximum absolute atomic E-state index is 11.1. The van der Waals surface area contributed by atoms with Gasteiger partial charge in [-0.25, -0.2) is 9.78 Å². The Morgan fingerprint density at radius 1 is 1.33 bits per heavy atom. The molecular formula is C12H9BrN2O3. The highest BCUT2D eigenvalue weighted by molar-refractivity contribution is 9.10. The van der Waals surface area contributed by atoms with Gasteiger partial charge in [-0.2, -0.15) is 0 Å². The predicted octanol–water partition coefficient (Wildman–Crippen LogP) is 3.04. The average Bonchev–Trinajstić information content (AvgIpc) is 2.32. The average molecular weight is 309 g/mol. The van der Waals surface area contributed by atoms with Crippen molar-refractivity contribution in [1.82, 2.24) is 9.97 Å². The fourth-order valence-electron chi connectivity index (χ4n) is 1.36. The normalized spacial score (nSPS) is 10.1. The van der Waals surface area contributed by atoms with Gasteiger partial charge in [0, 0.05) is 16.9 Å². The maximum atomic E-state index is 11.1. The first-order valence-corrected chi connectivity index (χ1v) is 5.85. The van der Waals surface area contributed by atoms with Crippen molar-refractivity contribution in [2.24, 2.45) is 0 Å². The molecule has 0 bridgehead atoms. The maximum Gasteiger partial charge on any atom is 0.339 e. The van der Waals surface area contributed by atoms with Gasteiger partial charge in [-0.3, -0.25) is 4.98 Å². The van der Waals surface area contributed by atoms with Crippen LogP contribution in [0.2, 0.25) is 0 Å². The third-order valence-electron chi connectivity index (χ3n) is 2.22. The number of hydrogen-bond acceptors (Lipinski definition) is 4. The third-order valence-corrected chi connectivity index (χ3v) is 2.71. The molecule has 92 valence electrons. The van der Waals surface area contributed by atoms with Crippen LogP contribution in [0.1, 0.15) is 16.1 Å². The zero-order chi connectivity index (χ0) is 13.1. The number of nitrogens with zero attached hydrogens (tertiary/aromatic N) is 2. The van der Waals surface area contributed by atoms with E-state index in [2.05, 4.69) is 25.9 Å². The number of benzene rings is 1. The number of halogens is 1. The van der Waals surface area contributed by atoms with Gasteiger partial charge in [-0.15, -0.1) is 0 Å². The molecule has 0 spiro atoms. The smallest absolute Gasteiger partial charge is 0.339 e. The predicted molar refractivity (Wildman–Crippen MR) is 67.9 cm³/mol. The van der Waals surface area contributed by atoms with E-state index < -0.39 is 5.97 Å². The molecule has 1 aromatic carbocycles. The molecular weight excluding hydrogens is 300 g/mol. The van der Waals surface area contributed by atoms with Crippen molar-refractivity contribution in [1.29, 1.82) is 0 Å². The molecule has 2 aromatic rings. The summed E-state index contributed by atoms with van der Waals surface area (Å²) in [5.74, 6) is -0.544. The fourth-order valence-corrected chi connectivity index (χ4v) is 1.70. The van der Waals surface area contributed by atoms with Crippen molar-refractivity contribution in [3.05, 3.63) is 46.3 Å². The Labute approximate surface area is 112 Å². The molecule has 0 aliphatic heterocycles. The topological polar surface area (TPSA) is 72.3 Å². The van der Waals surface area contributed by atoms with Gasteiger partial charge in [0.05, 0.1) is 5.69 Å². The van der Waals surface area contributed by atoms with E-state index >= 15 is 0 Å². The van der Waals surface area contributed by atoms with Crippen LogP contribution in [0, 0.1) is 6.92 Å². The lowest BCUT2D eigenvalue weighted by Crippen LogP contribution is -2.01. The van der Waals surface area contributed by atoms with Crippen molar-refractivity contribution < 1.29 is 14.6 Å². The molecule has 1 heterocycles. The van der Waals surface area contributed by atoms with E-state index in [9.17, 15) is 4.79 Å². The van der Waals surface area contributed by atoms with Crippen molar-refractivity contribution in [2.45, 2.75) is 6.92 Å². The van der Waals surface area contributed by atoms with Crippen molar-refractivity contribution in [2.75, 3.05) is 0 Å². The summed E-state index contributed by atoms with van der Waals surface area (Å²) in [6.07, 6.45) is 3.03. The summed E-state index contributed by atoms with van der Waals surface area (Å²) in [5.41, 5.74) is 0.664. The first kappa shape index (κ1) is 12.5. The van der Waals surface area contributed by atoms with Crippen LogP contribution >= 0.6 is 15.9 Å². The van der Waals surface area contributed by atoms with E-state index in [-0.39, 0.29) is 17.2 Å². The Morgan fingerprint density at radius 3 is 2.72 bits per heavy atom. The molecule has 0 radical (unpaired) electrons. The number of carbonyl (C=O) groups is 1. The van der Waals surface area contributed by atoms with Gasteiger partial charge >= 0.3 is 5.97 Å². The Hall–Kier alpha value is -1.95. The second-order valence-electron chi connectivity index (χ2n) is 3.49. The van der Waals surface area contributed by atoms with E-state index in [0.717, 1.165) is 4.47 Å². The lowest BCUT2D eigenvalue weighted by molar-refractivity contribution is 0.0694. The summed E-state index contributed by atoms with van der Waals surface area (Å²) in [6, 6.07) is 4.69. The lowest BCUT2D eigenvalue weighted by Gasteiger charge is -2.09. The first-order valence-electron chi connectivity index (χ1n) is 5.06. The number of ether oxygens (including phenoxy) is 1. The van der Waals surface area contributed by atoms with Crippen molar-refractivity contribution >= 4 is 21.9 Å². The SMILES string of the molecule is Cc1nccnc1Oc1cc(Br)ccc1C(=O)O. The summed E-state index contributed by atoms with van der Waals surface area (Å²) in [6.45, 7) is 1.74. The third kappa shape index (κ3) is 2.65. The van der Waals surface area contributed by atoms with Crippen LogP contribution < -0.4 is 4.74 Å². The molecule has 0 saturated carbocycles. The van der Waals surface area contributed by atoms with E-state index in [1.165, 1.54) is 12.3 Å². The van der Waals surface area contributed by atoms with Gasteiger partial charge in [0.15, 0.2) is 0 Å². The van der Waals surface area contributed by atoms with E-state index in [1.54, 1.807) is 25.3 Å². The summed E-state index contributed by atoms with van der Waals surface area (Å²) in [5, 5.41) is 9.07. The Bertz CT molecular complexity index is 602. The fraction of sp³-hybridized carbons (Fsp3) is 0.0833. The van der Waals surface area contributed by atoms with E-state index in [0.29, 0.717) is 5.69 Å². The Balaban J connectivity index is 2.42. The van der Waals surface area contributed by atoms with Crippen molar-refractivity contribution in [3.8, 4) is 11.6 Å². The highest BCUT2D eigenvalue weighted by Crippen LogP contribution is 2.28. The lowest BCUT2D eigenvalue weighted by atomic mass is 10.2. The standard InChI is InChI=1S/C12H9BrN2O3/c1-7-11(15-5-4-14-7)18-10-6-8(13)2-3-9(10)12(16)17/h2-6H,1H3,(H,16,17). The Morgan fingerprint density at radius 2 is 2.06 bits per heavy atom. The van der Waals surface area contributed by atoms with Crippen LogP contribution in [0.4, 0.5) is 0 Å². The van der Waals surface area contributed by atoms with Crippen molar-refractivity contribution in [3.63, 3.8) is 0 Å². The molecule has 6 heteroatoms. The van der Waals surface area contributed by atoms with Gasteiger partial charge in [0.2, 0.25) is 5.88 Å². The molecule has 0 unspecified atom stereocenters. The van der Waals surface area contributed by atoms with Crippen LogP contribution in [0.15, 0.2) is 35.1 Å². The molecule has 18 heavy (non-hydrogen) atoms. The minimum absolute atomic E-state index is 0.0725. The van der Waals surface area contributed by atoms with Crippen LogP contribution in [-0.4, -0.2) is 21.0 Å². The molecule has 0 amide bonds. The Kier molecular flexibility index (Phi) is 3.57. The number of aromatic carboxylic acids is 1. The van der Waals surface area contributed by atoms with Crippen LogP contribution in [0.5, 0.6) is 11.6 Å². The number of carboxylic acid groups (broad SMARTS) is 1. The van der Waals surface area contributed by atoms with Gasteiger partial charge in [0.25, 0.3) is 0 Å². The van der Waals surface area contributed by atoms with Crippen LogP contribution in [0.3, 0.4) is 0 Å². The van der Waals surface area contributed by atoms with Gasteiger partial charge in [0.1, 0.15) is 11.3 Å². The minimum Gasteiger partial charge on any atom is -0.478 e. The quantitative estimate of drug-likeness (QED) is 0.943. The molecule has 0 atom stereocenters. The van der Waals surface area contributed by atoms with Gasteiger partial charge in [-0.1, -0.05) is 15.9 Å². The highest BCUT2D eigenvalue weighted by Gasteiger charge is 2.14. The summed E-state index contributed by atoms with van der Waals surface area (Å²) >= 11 is 3.27. The zero-order valence-corrected chi connectivity index (χ0v) is 11.0. The molecule has 0 fully saturated rings. The number of aryl methyl sites for hydroxylation is 1. The highest BCUT2D eigenvalue weighted by atomic mass is 79.9. The van der Waals surface area contributed by atoms with Gasteiger partial charge < -0.3 is 9.84 Å². The van der Waals surface area contributed by atoms with Crippen LogP contribution in [-0.2, 0) is 0 Å². The number of rotatable bonds is 3. The van der Waals surface area contributed by atoms with E-state index in [1.807, 2.05) is 0 Å². The van der Waals surface area contributed by atoms with E-state index in [4.69, 9.17) is 9.84 Å². The monoisotopic (exact) mass is 308 g/mol. The van der Waals surface area contributed by atoms with Gasteiger partial charge in [-0.05, 0) is 25.1 Å². The number of hydrogen-bond donors (Lipinski definition) is 1. The van der Waals surface area contributed by atoms with Crippen LogP contribution in [0.25, 0.3) is 0 Å². The second kappa shape index (κ2) is 5.14. The summed E-state index contributed by atoms with van der Waals surface area (Å²) in [4.78, 5) is 19.1. The largest absolute Gasteiger partial charge is 0.478 e. The molecule has 0 saturated heterocycles. The number of carboxylic acids is 1. The number of aromatic nitrogens is 2. The molecule has 0 aliphatic carbocycles. The zero-order valence-electron chi connectivity index (χ0n) is 9.42. The molecule has 0 aliphatic rings. The first-order chi connectivity index (χ1) is 8.58. The molecule has 2 rings (SSSR count). The molecule has 5 nitrogen and oxygen atoms in total. The molecule has 1 N–H and O–H groups in total. The summed E-state index contributed by atoms with van der Waals surface area (Å²) in [7, 11) is 0. The minimum atomic E-state index is -1.06. The molecule has 1 aromatic heterocycles.